The Labute approximate surface area is 145 Å². The standard InChI is InChI=1S/C17H19ClN2O4/c1-23-16-9-13(15(20(21)22)10-17(16)24-2)11-19-7-6-12-4-3-5-14(18)8-12/h3-5,8-10,19H,6-7,11H2,1-2H3/p+1. The van der Waals surface area contributed by atoms with Crippen molar-refractivity contribution in [1.29, 1.82) is 0 Å². The van der Waals surface area contributed by atoms with Crippen molar-refractivity contribution in [3.8, 4) is 11.5 Å². The van der Waals surface area contributed by atoms with E-state index in [0.717, 1.165) is 18.5 Å². The first-order chi connectivity index (χ1) is 11.5. The summed E-state index contributed by atoms with van der Waals surface area (Å²) in [7, 11) is 2.97. The number of nitro benzene ring substituents is 1. The lowest BCUT2D eigenvalue weighted by atomic mass is 10.1. The molecular formula is C17H20ClN2O4+. The lowest BCUT2D eigenvalue weighted by Gasteiger charge is -2.10. The summed E-state index contributed by atoms with van der Waals surface area (Å²) in [6.07, 6.45) is 0.835. The molecule has 2 rings (SSSR count). The fourth-order valence-electron chi connectivity index (χ4n) is 2.46. The van der Waals surface area contributed by atoms with E-state index in [1.165, 1.54) is 20.3 Å². The topological polar surface area (TPSA) is 78.2 Å². The Bertz CT molecular complexity index is 722. The van der Waals surface area contributed by atoms with Crippen LogP contribution in [0, 0.1) is 10.1 Å². The van der Waals surface area contributed by atoms with Gasteiger partial charge in [0, 0.05) is 11.4 Å². The molecule has 0 fully saturated rings. The third kappa shape index (κ3) is 4.59. The second kappa shape index (κ2) is 8.52. The SMILES string of the molecule is COc1cc(C[NH2+]CCc2cccc(Cl)c2)c([N+](=O)[O-])cc1OC. The van der Waals surface area contributed by atoms with Gasteiger partial charge in [0.2, 0.25) is 0 Å². The fourth-order valence-corrected chi connectivity index (χ4v) is 2.68. The second-order valence-electron chi connectivity index (χ2n) is 5.25. The molecule has 0 heterocycles. The molecule has 2 aromatic carbocycles. The van der Waals surface area contributed by atoms with Gasteiger partial charge < -0.3 is 14.8 Å². The number of nitrogens with two attached hydrogens (primary N) is 1. The van der Waals surface area contributed by atoms with Crippen LogP contribution in [0.15, 0.2) is 36.4 Å². The predicted octanol–water partition coefficient (Wildman–Crippen LogP) is 2.57. The van der Waals surface area contributed by atoms with Crippen LogP contribution in [0.25, 0.3) is 0 Å². The number of quaternary nitrogens is 1. The molecule has 0 unspecified atom stereocenters. The summed E-state index contributed by atoms with van der Waals surface area (Å²) in [5.41, 5.74) is 1.77. The van der Waals surface area contributed by atoms with Crippen molar-refractivity contribution in [2.24, 2.45) is 0 Å². The Morgan fingerprint density at radius 3 is 2.50 bits per heavy atom. The van der Waals surface area contributed by atoms with E-state index in [1.54, 1.807) is 6.07 Å². The minimum Gasteiger partial charge on any atom is -0.493 e. The van der Waals surface area contributed by atoms with Gasteiger partial charge in [-0.1, -0.05) is 23.7 Å². The van der Waals surface area contributed by atoms with Crippen LogP contribution < -0.4 is 14.8 Å². The zero-order chi connectivity index (χ0) is 17.5. The van der Waals surface area contributed by atoms with Gasteiger partial charge in [0.15, 0.2) is 11.5 Å². The van der Waals surface area contributed by atoms with Crippen molar-refractivity contribution in [1.82, 2.24) is 0 Å². The van der Waals surface area contributed by atoms with Gasteiger partial charge in [-0.15, -0.1) is 0 Å². The van der Waals surface area contributed by atoms with Crippen LogP contribution in [-0.4, -0.2) is 25.7 Å². The van der Waals surface area contributed by atoms with Gasteiger partial charge in [0.05, 0.1) is 37.3 Å². The number of hydrogen-bond acceptors (Lipinski definition) is 4. The van der Waals surface area contributed by atoms with Gasteiger partial charge in [0.25, 0.3) is 5.69 Å². The van der Waals surface area contributed by atoms with Gasteiger partial charge in [-0.3, -0.25) is 10.1 Å². The minimum absolute atomic E-state index is 0.0339. The van der Waals surface area contributed by atoms with Gasteiger partial charge >= 0.3 is 0 Å². The highest BCUT2D eigenvalue weighted by atomic mass is 35.5. The molecule has 0 aliphatic carbocycles. The molecule has 128 valence electrons. The Hall–Kier alpha value is -2.31. The quantitative estimate of drug-likeness (QED) is 0.450. The van der Waals surface area contributed by atoms with Crippen LogP contribution in [0.5, 0.6) is 11.5 Å². The number of ether oxygens (including phenoxy) is 2. The lowest BCUT2D eigenvalue weighted by Crippen LogP contribution is -2.83. The average molecular weight is 352 g/mol. The third-order valence-corrected chi connectivity index (χ3v) is 3.91. The molecule has 0 amide bonds. The zero-order valence-electron chi connectivity index (χ0n) is 13.6. The molecule has 24 heavy (non-hydrogen) atoms. The van der Waals surface area contributed by atoms with Gasteiger partial charge in [-0.25, -0.2) is 0 Å². The first-order valence-electron chi connectivity index (χ1n) is 7.50. The molecule has 0 atom stereocenters. The molecule has 0 aliphatic rings. The summed E-state index contributed by atoms with van der Waals surface area (Å²) < 4.78 is 10.3. The molecule has 0 spiro atoms. The minimum atomic E-state index is -0.401. The van der Waals surface area contributed by atoms with Crippen molar-refractivity contribution in [2.45, 2.75) is 13.0 Å². The van der Waals surface area contributed by atoms with E-state index >= 15 is 0 Å². The predicted molar refractivity (Wildman–Crippen MR) is 91.9 cm³/mol. The number of nitro groups is 1. The van der Waals surface area contributed by atoms with Crippen molar-refractivity contribution in [3.63, 3.8) is 0 Å². The lowest BCUT2D eigenvalue weighted by molar-refractivity contribution is -0.670. The molecule has 0 saturated heterocycles. The molecule has 0 radical (unpaired) electrons. The summed E-state index contributed by atoms with van der Waals surface area (Å²) in [5.74, 6) is 0.841. The number of rotatable bonds is 8. The van der Waals surface area contributed by atoms with Crippen molar-refractivity contribution in [3.05, 3.63) is 62.7 Å². The van der Waals surface area contributed by atoms with Gasteiger partial charge in [-0.05, 0) is 23.8 Å². The Balaban J connectivity index is 2.04. The fraction of sp³-hybridized carbons (Fsp3) is 0.294. The zero-order valence-corrected chi connectivity index (χ0v) is 14.4. The highest BCUT2D eigenvalue weighted by Gasteiger charge is 2.20. The van der Waals surface area contributed by atoms with E-state index in [9.17, 15) is 10.1 Å². The maximum Gasteiger partial charge on any atom is 0.282 e. The molecule has 0 saturated carbocycles. The van der Waals surface area contributed by atoms with E-state index in [1.807, 2.05) is 29.6 Å². The number of methoxy groups -OCH3 is 2. The maximum absolute atomic E-state index is 11.3. The number of benzene rings is 2. The largest absolute Gasteiger partial charge is 0.493 e. The van der Waals surface area contributed by atoms with Gasteiger partial charge in [-0.2, -0.15) is 0 Å². The average Bonchev–Trinajstić information content (AvgIpc) is 2.57. The van der Waals surface area contributed by atoms with E-state index < -0.39 is 4.92 Å². The van der Waals surface area contributed by atoms with Crippen LogP contribution in [0.3, 0.4) is 0 Å². The molecule has 0 bridgehead atoms. The van der Waals surface area contributed by atoms with Crippen LogP contribution in [-0.2, 0) is 13.0 Å². The molecular weight excluding hydrogens is 332 g/mol. The summed E-state index contributed by atoms with van der Waals surface area (Å²) in [6.45, 7) is 1.28. The second-order valence-corrected chi connectivity index (χ2v) is 5.69. The van der Waals surface area contributed by atoms with E-state index in [0.29, 0.717) is 28.6 Å². The van der Waals surface area contributed by atoms with Crippen LogP contribution in [0.4, 0.5) is 5.69 Å². The number of hydrogen-bond donors (Lipinski definition) is 1. The highest BCUT2D eigenvalue weighted by molar-refractivity contribution is 6.30. The first-order valence-corrected chi connectivity index (χ1v) is 7.88. The summed E-state index contributed by atoms with van der Waals surface area (Å²) in [5, 5.41) is 14.0. The third-order valence-electron chi connectivity index (χ3n) is 3.67. The Morgan fingerprint density at radius 2 is 1.88 bits per heavy atom. The van der Waals surface area contributed by atoms with E-state index in [2.05, 4.69) is 0 Å². The first kappa shape index (κ1) is 18.0. The Kier molecular flexibility index (Phi) is 6.40. The highest BCUT2D eigenvalue weighted by Crippen LogP contribution is 2.34. The summed E-state index contributed by atoms with van der Waals surface area (Å²) in [6, 6.07) is 10.7. The monoisotopic (exact) mass is 351 g/mol. The van der Waals surface area contributed by atoms with Crippen LogP contribution in [0.1, 0.15) is 11.1 Å². The van der Waals surface area contributed by atoms with Crippen LogP contribution in [0.2, 0.25) is 5.02 Å². The van der Waals surface area contributed by atoms with E-state index in [-0.39, 0.29) is 5.69 Å². The van der Waals surface area contributed by atoms with Crippen LogP contribution >= 0.6 is 11.6 Å². The van der Waals surface area contributed by atoms with Crippen molar-refractivity contribution < 1.29 is 19.7 Å². The molecule has 0 aromatic heterocycles. The molecule has 7 heteroatoms. The number of halogens is 1. The van der Waals surface area contributed by atoms with Gasteiger partial charge in [0.1, 0.15) is 6.54 Å². The summed E-state index contributed by atoms with van der Waals surface area (Å²) >= 11 is 5.96. The maximum atomic E-state index is 11.3. The van der Waals surface area contributed by atoms with Crippen molar-refractivity contribution in [2.75, 3.05) is 20.8 Å². The van der Waals surface area contributed by atoms with E-state index in [4.69, 9.17) is 21.1 Å². The smallest absolute Gasteiger partial charge is 0.282 e. The normalized spacial score (nSPS) is 10.5. The molecule has 0 aliphatic heterocycles. The number of nitrogens with zero attached hydrogens (tertiary/aromatic N) is 1. The van der Waals surface area contributed by atoms with Crippen molar-refractivity contribution >= 4 is 17.3 Å². The Morgan fingerprint density at radius 1 is 1.17 bits per heavy atom. The molecule has 2 aromatic rings. The molecule has 6 nitrogen and oxygen atoms in total. The summed E-state index contributed by atoms with van der Waals surface area (Å²) in [4.78, 5) is 10.9. The molecule has 2 N–H and O–H groups in total.